The summed E-state index contributed by atoms with van der Waals surface area (Å²) in [4.78, 5) is 4.67. The van der Waals surface area contributed by atoms with Gasteiger partial charge in [0.1, 0.15) is 0 Å². The number of hydrogen-bond donors (Lipinski definition) is 2. The minimum absolute atomic E-state index is 0.156. The van der Waals surface area contributed by atoms with Gasteiger partial charge in [-0.25, -0.2) is 0 Å². The van der Waals surface area contributed by atoms with Gasteiger partial charge in [0.15, 0.2) is 5.96 Å². The summed E-state index contributed by atoms with van der Waals surface area (Å²) < 4.78 is 5.90. The van der Waals surface area contributed by atoms with E-state index in [2.05, 4.69) is 74.5 Å². The van der Waals surface area contributed by atoms with Crippen LogP contribution in [0.1, 0.15) is 51.3 Å². The molecule has 2 fully saturated rings. The summed E-state index contributed by atoms with van der Waals surface area (Å²) in [6.45, 7) is 12.7. The molecular formula is C20H31N3O. The quantitative estimate of drug-likeness (QED) is 0.657. The van der Waals surface area contributed by atoms with Crippen molar-refractivity contribution in [1.82, 2.24) is 10.6 Å². The molecule has 4 unspecified atom stereocenters. The number of aliphatic imine (C=N–C) groups is 1. The molecule has 4 atom stereocenters. The van der Waals surface area contributed by atoms with Crippen molar-refractivity contribution >= 4 is 5.96 Å². The van der Waals surface area contributed by atoms with Crippen LogP contribution < -0.4 is 10.6 Å². The third-order valence-corrected chi connectivity index (χ3v) is 5.72. The van der Waals surface area contributed by atoms with E-state index in [0.717, 1.165) is 25.5 Å². The Kier molecular flexibility index (Phi) is 4.86. The second-order valence-corrected chi connectivity index (χ2v) is 7.73. The van der Waals surface area contributed by atoms with Gasteiger partial charge in [-0.1, -0.05) is 38.1 Å². The maximum absolute atomic E-state index is 5.90. The average Bonchev–Trinajstić information content (AvgIpc) is 3.00. The number of ether oxygens (including phenoxy) is 1. The zero-order valence-electron chi connectivity index (χ0n) is 15.6. The van der Waals surface area contributed by atoms with E-state index in [9.17, 15) is 0 Å². The number of fused-ring (bicyclic) bond motifs is 1. The Morgan fingerprint density at radius 3 is 2.83 bits per heavy atom. The van der Waals surface area contributed by atoms with Crippen LogP contribution in [0, 0.1) is 18.3 Å². The molecule has 1 aliphatic heterocycles. The highest BCUT2D eigenvalue weighted by molar-refractivity contribution is 5.81. The van der Waals surface area contributed by atoms with Crippen molar-refractivity contribution in [3.8, 4) is 0 Å². The molecule has 1 aromatic carbocycles. The molecule has 1 heterocycles. The molecule has 132 valence electrons. The van der Waals surface area contributed by atoms with E-state index in [1.807, 2.05) is 0 Å². The van der Waals surface area contributed by atoms with E-state index in [1.165, 1.54) is 11.1 Å². The monoisotopic (exact) mass is 329 g/mol. The van der Waals surface area contributed by atoms with Gasteiger partial charge in [0.25, 0.3) is 0 Å². The number of guanidine groups is 1. The number of rotatable bonds is 4. The standard InChI is InChI=1S/C20H31N3O/c1-6-21-19(22-14(3)15-10-8-7-9-13(15)2)23-17-16-11-12-24-18(16)20(17,4)5/h7-10,14,16-18H,6,11-12H2,1-5H3,(H2,21,22,23). The third-order valence-electron chi connectivity index (χ3n) is 5.72. The van der Waals surface area contributed by atoms with Gasteiger partial charge in [0.05, 0.1) is 12.1 Å². The van der Waals surface area contributed by atoms with E-state index in [-0.39, 0.29) is 11.5 Å². The van der Waals surface area contributed by atoms with Crippen molar-refractivity contribution in [2.45, 2.75) is 59.2 Å². The van der Waals surface area contributed by atoms with Crippen LogP contribution in [-0.2, 0) is 4.74 Å². The lowest BCUT2D eigenvalue weighted by Gasteiger charge is -2.55. The predicted octanol–water partition coefficient (Wildman–Crippen LogP) is 3.42. The molecule has 1 saturated heterocycles. The second-order valence-electron chi connectivity index (χ2n) is 7.73. The summed E-state index contributed by atoms with van der Waals surface area (Å²) in [5.74, 6) is 1.52. The lowest BCUT2D eigenvalue weighted by Crippen LogP contribution is -2.68. The number of aryl methyl sites for hydroxylation is 1. The number of hydrogen-bond acceptors (Lipinski definition) is 2. The van der Waals surface area contributed by atoms with Gasteiger partial charge in [-0.15, -0.1) is 0 Å². The molecule has 0 aromatic heterocycles. The Morgan fingerprint density at radius 2 is 2.12 bits per heavy atom. The molecule has 0 radical (unpaired) electrons. The summed E-state index contributed by atoms with van der Waals surface area (Å²) in [5.41, 5.74) is 2.78. The lowest BCUT2D eigenvalue weighted by molar-refractivity contribution is -0.106. The molecule has 0 bridgehead atoms. The number of nitrogens with one attached hydrogen (secondary N) is 2. The molecule has 1 aliphatic carbocycles. The highest BCUT2D eigenvalue weighted by Gasteiger charge is 2.59. The van der Waals surface area contributed by atoms with Crippen LogP contribution in [0.4, 0.5) is 0 Å². The van der Waals surface area contributed by atoms with E-state index in [1.54, 1.807) is 0 Å². The van der Waals surface area contributed by atoms with Crippen molar-refractivity contribution in [2.24, 2.45) is 16.3 Å². The van der Waals surface area contributed by atoms with E-state index in [4.69, 9.17) is 4.74 Å². The largest absolute Gasteiger partial charge is 0.377 e. The molecule has 0 amide bonds. The normalized spacial score (nSPS) is 29.5. The number of nitrogens with zero attached hydrogens (tertiary/aromatic N) is 1. The minimum Gasteiger partial charge on any atom is -0.377 e. The molecule has 0 spiro atoms. The topological polar surface area (TPSA) is 45.7 Å². The SMILES string of the molecule is CCN=C(NC(C)c1ccccc1C)NC1C2CCOC2C1(C)C. The van der Waals surface area contributed by atoms with E-state index >= 15 is 0 Å². The van der Waals surface area contributed by atoms with Gasteiger partial charge >= 0.3 is 0 Å². The minimum atomic E-state index is 0.156. The fourth-order valence-corrected chi connectivity index (χ4v) is 4.41. The predicted molar refractivity (Wildman–Crippen MR) is 99.3 cm³/mol. The molecule has 24 heavy (non-hydrogen) atoms. The smallest absolute Gasteiger partial charge is 0.191 e. The summed E-state index contributed by atoms with van der Waals surface area (Å²) >= 11 is 0. The first-order valence-electron chi connectivity index (χ1n) is 9.19. The molecule has 1 saturated carbocycles. The zero-order valence-corrected chi connectivity index (χ0v) is 15.6. The van der Waals surface area contributed by atoms with Crippen LogP contribution in [0.25, 0.3) is 0 Å². The van der Waals surface area contributed by atoms with Crippen molar-refractivity contribution in [1.29, 1.82) is 0 Å². The second kappa shape index (κ2) is 6.75. The van der Waals surface area contributed by atoms with Gasteiger partial charge < -0.3 is 15.4 Å². The summed E-state index contributed by atoms with van der Waals surface area (Å²) in [6, 6.07) is 9.18. The molecular weight excluding hydrogens is 298 g/mol. The maximum atomic E-state index is 5.90. The first kappa shape index (κ1) is 17.3. The fourth-order valence-electron chi connectivity index (χ4n) is 4.41. The van der Waals surface area contributed by atoms with Crippen LogP contribution in [0.2, 0.25) is 0 Å². The van der Waals surface area contributed by atoms with Crippen molar-refractivity contribution in [2.75, 3.05) is 13.2 Å². The third kappa shape index (κ3) is 3.04. The Balaban J connectivity index is 1.70. The van der Waals surface area contributed by atoms with Gasteiger partial charge in [0.2, 0.25) is 0 Å². The zero-order chi connectivity index (χ0) is 17.3. The molecule has 3 rings (SSSR count). The first-order valence-corrected chi connectivity index (χ1v) is 9.19. The van der Waals surface area contributed by atoms with Crippen LogP contribution in [0.3, 0.4) is 0 Å². The van der Waals surface area contributed by atoms with Crippen LogP contribution in [0.15, 0.2) is 29.3 Å². The summed E-state index contributed by atoms with van der Waals surface area (Å²) in [5, 5.41) is 7.28. The fraction of sp³-hybridized carbons (Fsp3) is 0.650. The molecule has 2 N–H and O–H groups in total. The van der Waals surface area contributed by atoms with Gasteiger partial charge in [-0.3, -0.25) is 4.99 Å². The van der Waals surface area contributed by atoms with Crippen molar-refractivity contribution in [3.05, 3.63) is 35.4 Å². The van der Waals surface area contributed by atoms with Crippen molar-refractivity contribution < 1.29 is 4.74 Å². The van der Waals surface area contributed by atoms with Gasteiger partial charge in [-0.2, -0.15) is 0 Å². The lowest BCUT2D eigenvalue weighted by atomic mass is 9.57. The Hall–Kier alpha value is -1.55. The first-order chi connectivity index (χ1) is 11.4. The van der Waals surface area contributed by atoms with Crippen LogP contribution >= 0.6 is 0 Å². The molecule has 1 aromatic rings. The number of benzene rings is 1. The van der Waals surface area contributed by atoms with Crippen LogP contribution in [0.5, 0.6) is 0 Å². The summed E-state index contributed by atoms with van der Waals surface area (Å²) in [6.07, 6.45) is 1.55. The Bertz CT molecular complexity index is 611. The van der Waals surface area contributed by atoms with E-state index < -0.39 is 0 Å². The molecule has 4 nitrogen and oxygen atoms in total. The Morgan fingerprint density at radius 1 is 1.38 bits per heavy atom. The highest BCUT2D eigenvalue weighted by atomic mass is 16.5. The highest BCUT2D eigenvalue weighted by Crippen LogP contribution is 2.52. The van der Waals surface area contributed by atoms with Gasteiger partial charge in [-0.05, 0) is 38.3 Å². The molecule has 2 aliphatic rings. The summed E-state index contributed by atoms with van der Waals surface area (Å²) in [7, 11) is 0. The van der Waals surface area contributed by atoms with Gasteiger partial charge in [0, 0.05) is 30.5 Å². The van der Waals surface area contributed by atoms with Crippen molar-refractivity contribution in [3.63, 3.8) is 0 Å². The van der Waals surface area contributed by atoms with E-state index in [0.29, 0.717) is 18.1 Å². The average molecular weight is 329 g/mol. The maximum Gasteiger partial charge on any atom is 0.191 e. The van der Waals surface area contributed by atoms with Crippen LogP contribution in [-0.4, -0.2) is 31.3 Å². The Labute approximate surface area is 146 Å². The molecule has 4 heteroatoms.